The molecule has 0 radical (unpaired) electrons. The second-order valence-electron chi connectivity index (χ2n) is 12.1. The van der Waals surface area contributed by atoms with Gasteiger partial charge in [-0.3, -0.25) is 0 Å². The predicted octanol–water partition coefficient (Wildman–Crippen LogP) is 7.98. The summed E-state index contributed by atoms with van der Waals surface area (Å²) in [7, 11) is 0. The predicted molar refractivity (Wildman–Crippen MR) is 153 cm³/mol. The van der Waals surface area contributed by atoms with Crippen LogP contribution in [0.3, 0.4) is 0 Å². The molecular formula is C31H31Cl2FN2O5. The van der Waals surface area contributed by atoms with Gasteiger partial charge in [0, 0.05) is 36.4 Å². The summed E-state index contributed by atoms with van der Waals surface area (Å²) < 4.78 is 32.4. The number of fused-ring (bicyclic) bond motifs is 2. The van der Waals surface area contributed by atoms with Crippen molar-refractivity contribution in [3.8, 4) is 11.3 Å². The van der Waals surface area contributed by atoms with Crippen LogP contribution < -0.4 is 4.90 Å². The number of benzene rings is 2. The third-order valence-electron chi connectivity index (χ3n) is 7.89. The average Bonchev–Trinajstić information content (AvgIpc) is 3.59. The zero-order valence-corrected chi connectivity index (χ0v) is 24.6. The molecule has 0 N–H and O–H groups in total. The van der Waals surface area contributed by atoms with Gasteiger partial charge in [0.05, 0.1) is 21.3 Å². The highest BCUT2D eigenvalue weighted by atomic mass is 35.5. The van der Waals surface area contributed by atoms with Gasteiger partial charge >= 0.3 is 11.9 Å². The molecule has 216 valence electrons. The van der Waals surface area contributed by atoms with Gasteiger partial charge in [-0.05, 0) is 76.8 Å². The molecule has 3 aromatic rings. The Hall–Kier alpha value is -3.10. The molecule has 2 bridgehead atoms. The van der Waals surface area contributed by atoms with Gasteiger partial charge in [0.2, 0.25) is 0 Å². The third kappa shape index (κ3) is 5.56. The standard InChI is InChI=1S/C31H31Cl2FN2O5/c1-31(2,3)40-29(37)17-9-12-24(23(34)13-17)36-18-10-11-19(36)15-20(14-18)39-30(38)26-27(35-41-28(26)16-7-8-16)25-21(32)5-4-6-22(25)33/h4-6,9,12-13,16,18-20H,7-8,10-11,14-15H2,1-3H3/t18-,19+,20?. The van der Waals surface area contributed by atoms with Crippen molar-refractivity contribution < 1.29 is 28.0 Å². The number of piperidine rings is 1. The quantitative estimate of drug-likeness (QED) is 0.265. The zero-order valence-electron chi connectivity index (χ0n) is 23.1. The van der Waals surface area contributed by atoms with E-state index in [1.807, 2.05) is 0 Å². The van der Waals surface area contributed by atoms with Crippen LogP contribution in [0.15, 0.2) is 40.9 Å². The fraction of sp³-hybridized carbons (Fsp3) is 0.452. The molecule has 1 unspecified atom stereocenters. The molecule has 3 aliphatic rings. The highest BCUT2D eigenvalue weighted by Gasteiger charge is 2.44. The first-order valence-corrected chi connectivity index (χ1v) is 14.7. The van der Waals surface area contributed by atoms with Crippen LogP contribution in [0.25, 0.3) is 11.3 Å². The summed E-state index contributed by atoms with van der Waals surface area (Å²) in [5.41, 5.74) is 0.962. The second-order valence-corrected chi connectivity index (χ2v) is 12.9. The Morgan fingerprint density at radius 2 is 1.66 bits per heavy atom. The number of halogens is 3. The lowest BCUT2D eigenvalue weighted by molar-refractivity contribution is 0.00683. The molecule has 10 heteroatoms. The van der Waals surface area contributed by atoms with Gasteiger partial charge in [0.1, 0.15) is 28.8 Å². The van der Waals surface area contributed by atoms with Crippen molar-refractivity contribution in [3.63, 3.8) is 0 Å². The molecule has 6 rings (SSSR count). The van der Waals surface area contributed by atoms with Crippen LogP contribution in [0.2, 0.25) is 10.0 Å². The Balaban J connectivity index is 1.20. The summed E-state index contributed by atoms with van der Waals surface area (Å²) in [5, 5.41) is 4.94. The van der Waals surface area contributed by atoms with Crippen molar-refractivity contribution in [2.45, 2.75) is 89.0 Å². The largest absolute Gasteiger partial charge is 0.458 e. The lowest BCUT2D eigenvalue weighted by Crippen LogP contribution is -2.46. The van der Waals surface area contributed by atoms with Gasteiger partial charge in [-0.2, -0.15) is 0 Å². The van der Waals surface area contributed by atoms with E-state index in [9.17, 15) is 9.59 Å². The molecule has 2 saturated heterocycles. The highest BCUT2D eigenvalue weighted by molar-refractivity contribution is 6.39. The van der Waals surface area contributed by atoms with Gasteiger partial charge < -0.3 is 18.9 Å². The van der Waals surface area contributed by atoms with E-state index in [1.165, 1.54) is 6.07 Å². The van der Waals surface area contributed by atoms with Gasteiger partial charge in [0.15, 0.2) is 5.76 Å². The lowest BCUT2D eigenvalue weighted by atomic mass is 9.98. The van der Waals surface area contributed by atoms with E-state index in [4.69, 9.17) is 37.2 Å². The minimum absolute atomic E-state index is 0.00344. The highest BCUT2D eigenvalue weighted by Crippen LogP contribution is 2.47. The molecule has 3 heterocycles. The first kappa shape index (κ1) is 28.0. The van der Waals surface area contributed by atoms with E-state index < -0.39 is 23.4 Å². The summed E-state index contributed by atoms with van der Waals surface area (Å²) in [5.74, 6) is -0.919. The summed E-state index contributed by atoms with van der Waals surface area (Å²) in [4.78, 5) is 28.2. The first-order valence-electron chi connectivity index (χ1n) is 14.0. The van der Waals surface area contributed by atoms with E-state index in [-0.39, 0.29) is 35.2 Å². The molecular weight excluding hydrogens is 570 g/mol. The summed E-state index contributed by atoms with van der Waals surface area (Å²) in [6.45, 7) is 5.31. The van der Waals surface area contributed by atoms with Crippen LogP contribution in [0.4, 0.5) is 10.1 Å². The topological polar surface area (TPSA) is 81.9 Å². The van der Waals surface area contributed by atoms with E-state index in [1.54, 1.807) is 51.1 Å². The maximum Gasteiger partial charge on any atom is 0.344 e. The van der Waals surface area contributed by atoms with E-state index in [0.717, 1.165) is 25.7 Å². The van der Waals surface area contributed by atoms with Crippen molar-refractivity contribution in [2.75, 3.05) is 4.90 Å². The molecule has 41 heavy (non-hydrogen) atoms. The number of anilines is 1. The molecule has 3 atom stereocenters. The molecule has 0 amide bonds. The van der Waals surface area contributed by atoms with Gasteiger partial charge in [-0.1, -0.05) is 34.4 Å². The van der Waals surface area contributed by atoms with Crippen LogP contribution in [0.1, 0.15) is 91.7 Å². The summed E-state index contributed by atoms with van der Waals surface area (Å²) >= 11 is 12.9. The Morgan fingerprint density at radius 3 is 2.24 bits per heavy atom. The zero-order chi connectivity index (χ0) is 29.1. The van der Waals surface area contributed by atoms with Crippen LogP contribution in [0.5, 0.6) is 0 Å². The van der Waals surface area contributed by atoms with Crippen molar-refractivity contribution >= 4 is 40.8 Å². The average molecular weight is 602 g/mol. The Morgan fingerprint density at radius 1 is 1.00 bits per heavy atom. The number of nitrogens with zero attached hydrogens (tertiary/aromatic N) is 2. The van der Waals surface area contributed by atoms with Crippen molar-refractivity contribution in [2.24, 2.45) is 0 Å². The smallest absolute Gasteiger partial charge is 0.344 e. The Kier molecular flexibility index (Phi) is 7.27. The molecule has 1 aromatic heterocycles. The molecule has 1 aliphatic carbocycles. The lowest BCUT2D eigenvalue weighted by Gasteiger charge is -2.40. The molecule has 2 aromatic carbocycles. The number of aromatic nitrogens is 1. The van der Waals surface area contributed by atoms with Gasteiger partial charge in [-0.25, -0.2) is 14.0 Å². The Labute approximate surface area is 247 Å². The van der Waals surface area contributed by atoms with Crippen LogP contribution in [-0.2, 0) is 9.47 Å². The first-order chi connectivity index (χ1) is 19.5. The molecule has 0 spiro atoms. The maximum absolute atomic E-state index is 15.3. The number of carbonyl (C=O) groups excluding carboxylic acids is 2. The monoisotopic (exact) mass is 600 g/mol. The van der Waals surface area contributed by atoms with Crippen LogP contribution in [-0.4, -0.2) is 40.9 Å². The normalized spacial score (nSPS) is 22.1. The summed E-state index contributed by atoms with van der Waals surface area (Å²) in [6, 6.07) is 9.59. The van der Waals surface area contributed by atoms with Gasteiger partial charge in [0.25, 0.3) is 0 Å². The number of carbonyl (C=O) groups is 2. The van der Waals surface area contributed by atoms with Crippen LogP contribution >= 0.6 is 23.2 Å². The van der Waals surface area contributed by atoms with E-state index >= 15 is 4.39 Å². The molecule has 3 fully saturated rings. The fourth-order valence-electron chi connectivity index (χ4n) is 6.03. The third-order valence-corrected chi connectivity index (χ3v) is 8.52. The van der Waals surface area contributed by atoms with Crippen molar-refractivity contribution in [1.29, 1.82) is 0 Å². The van der Waals surface area contributed by atoms with E-state index in [2.05, 4.69) is 10.1 Å². The number of hydrogen-bond donors (Lipinski definition) is 0. The molecule has 2 aliphatic heterocycles. The minimum atomic E-state index is -0.670. The van der Waals surface area contributed by atoms with Gasteiger partial charge in [-0.15, -0.1) is 0 Å². The number of hydrogen-bond acceptors (Lipinski definition) is 7. The van der Waals surface area contributed by atoms with E-state index in [0.29, 0.717) is 45.6 Å². The second kappa shape index (κ2) is 10.6. The number of rotatable bonds is 6. The molecule has 7 nitrogen and oxygen atoms in total. The SMILES string of the molecule is CC(C)(C)OC(=O)c1ccc(N2[C@@H]3CC[C@H]2CC(OC(=O)c2c(-c4c(Cl)cccc4Cl)noc2C2CC2)C3)c(F)c1. The van der Waals surface area contributed by atoms with Crippen molar-refractivity contribution in [1.82, 2.24) is 5.16 Å². The Bertz CT molecular complexity index is 1480. The summed E-state index contributed by atoms with van der Waals surface area (Å²) in [6.07, 6.45) is 4.29. The molecule has 1 saturated carbocycles. The number of ether oxygens (including phenoxy) is 2. The maximum atomic E-state index is 15.3. The van der Waals surface area contributed by atoms with Crippen molar-refractivity contribution in [3.05, 3.63) is 69.1 Å². The van der Waals surface area contributed by atoms with Crippen LogP contribution in [0, 0.1) is 5.82 Å². The fourth-order valence-corrected chi connectivity index (χ4v) is 6.60. The number of esters is 2. The minimum Gasteiger partial charge on any atom is -0.458 e.